The van der Waals surface area contributed by atoms with E-state index >= 15 is 0 Å². The predicted molar refractivity (Wildman–Crippen MR) is 94.8 cm³/mol. The van der Waals surface area contributed by atoms with Gasteiger partial charge in [0, 0.05) is 6.08 Å². The number of alkyl halides is 3. The van der Waals surface area contributed by atoms with Crippen molar-refractivity contribution in [2.45, 2.75) is 12.2 Å². The quantitative estimate of drug-likeness (QED) is 0.601. The molecule has 1 atom stereocenters. The van der Waals surface area contributed by atoms with Crippen LogP contribution in [0, 0.1) is 0 Å². The second-order valence-electron chi connectivity index (χ2n) is 5.45. The van der Waals surface area contributed by atoms with E-state index in [-0.39, 0.29) is 5.56 Å². The summed E-state index contributed by atoms with van der Waals surface area (Å²) in [6, 6.07) is 10.7. The number of methoxy groups -OCH3 is 1. The molecule has 0 bridgehead atoms. The zero-order valence-corrected chi connectivity index (χ0v) is 14.8. The molecule has 0 saturated carbocycles. The van der Waals surface area contributed by atoms with Crippen LogP contribution < -0.4 is 5.32 Å². The Balaban J connectivity index is 2.17. The van der Waals surface area contributed by atoms with Crippen molar-refractivity contribution in [3.05, 3.63) is 76.3 Å². The fourth-order valence-corrected chi connectivity index (χ4v) is 2.49. The molecule has 2 aromatic rings. The van der Waals surface area contributed by atoms with Crippen LogP contribution >= 0.6 is 11.6 Å². The van der Waals surface area contributed by atoms with E-state index < -0.39 is 34.7 Å². The van der Waals surface area contributed by atoms with Crippen molar-refractivity contribution >= 4 is 29.6 Å². The molecule has 0 radical (unpaired) electrons. The molecule has 2 aromatic carbocycles. The first kappa shape index (κ1) is 20.5. The Labute approximate surface area is 158 Å². The molecule has 1 unspecified atom stereocenters. The maximum atomic E-state index is 12.9. The Morgan fingerprint density at radius 3 is 2.41 bits per heavy atom. The van der Waals surface area contributed by atoms with Crippen LogP contribution in [0.5, 0.6) is 0 Å². The molecule has 0 heterocycles. The molecular weight excluding hydrogens is 383 g/mol. The van der Waals surface area contributed by atoms with Crippen molar-refractivity contribution in [3.8, 4) is 0 Å². The number of ether oxygens (including phenoxy) is 1. The minimum absolute atomic E-state index is 0.135. The molecule has 0 aliphatic rings. The van der Waals surface area contributed by atoms with Gasteiger partial charge in [0.15, 0.2) is 6.04 Å². The number of carbonyl (C=O) groups excluding carboxylic acids is 2. The molecule has 8 heteroatoms. The summed E-state index contributed by atoms with van der Waals surface area (Å²) in [5, 5.41) is 2.03. The van der Waals surface area contributed by atoms with Crippen molar-refractivity contribution in [2.75, 3.05) is 7.11 Å². The van der Waals surface area contributed by atoms with Gasteiger partial charge >= 0.3 is 12.1 Å². The lowest BCUT2D eigenvalue weighted by Crippen LogP contribution is -2.33. The van der Waals surface area contributed by atoms with E-state index in [9.17, 15) is 22.8 Å². The third-order valence-corrected chi connectivity index (χ3v) is 3.91. The number of benzene rings is 2. The Bertz CT molecular complexity index is 851. The number of nitrogens with one attached hydrogen (secondary N) is 1. The highest BCUT2D eigenvalue weighted by molar-refractivity contribution is 6.31. The topological polar surface area (TPSA) is 55.4 Å². The smallest absolute Gasteiger partial charge is 0.417 e. The van der Waals surface area contributed by atoms with Gasteiger partial charge in [0.2, 0.25) is 5.91 Å². The van der Waals surface area contributed by atoms with Crippen LogP contribution in [0.15, 0.2) is 54.6 Å². The second kappa shape index (κ2) is 8.73. The van der Waals surface area contributed by atoms with Gasteiger partial charge in [-0.2, -0.15) is 13.2 Å². The van der Waals surface area contributed by atoms with E-state index in [2.05, 4.69) is 10.1 Å². The molecule has 0 aliphatic heterocycles. The predicted octanol–water partition coefficient (Wildman–Crippen LogP) is 4.40. The van der Waals surface area contributed by atoms with Crippen LogP contribution in [0.25, 0.3) is 6.08 Å². The van der Waals surface area contributed by atoms with E-state index in [0.717, 1.165) is 18.2 Å². The molecular formula is C19H15ClF3NO3. The molecule has 1 amide bonds. The number of hydrogen-bond donors (Lipinski definition) is 1. The van der Waals surface area contributed by atoms with Crippen LogP contribution in [-0.4, -0.2) is 19.0 Å². The first-order valence-corrected chi connectivity index (χ1v) is 8.08. The van der Waals surface area contributed by atoms with Gasteiger partial charge in [-0.15, -0.1) is 0 Å². The summed E-state index contributed by atoms with van der Waals surface area (Å²) in [6.07, 6.45) is -2.38. The molecule has 2 rings (SSSR count). The minimum Gasteiger partial charge on any atom is -0.467 e. The van der Waals surface area contributed by atoms with Crippen molar-refractivity contribution in [1.82, 2.24) is 5.32 Å². The Hall–Kier alpha value is -2.80. The zero-order valence-electron chi connectivity index (χ0n) is 14.1. The van der Waals surface area contributed by atoms with Gasteiger partial charge in [-0.25, -0.2) is 4.79 Å². The minimum atomic E-state index is -4.60. The lowest BCUT2D eigenvalue weighted by Gasteiger charge is -2.15. The van der Waals surface area contributed by atoms with E-state index in [4.69, 9.17) is 11.6 Å². The standard InChI is InChI=1S/C19H15ClF3NO3/c1-27-18(26)17(13-5-3-2-4-6-13)24-16(25)10-8-12-7-9-15(20)14(11-12)19(21,22)23/h2-11,17H,1H3,(H,24,25)/b10-8+. The summed E-state index contributed by atoms with van der Waals surface area (Å²) in [5.41, 5.74) is -0.350. The monoisotopic (exact) mass is 397 g/mol. The van der Waals surface area contributed by atoms with Gasteiger partial charge in [0.05, 0.1) is 17.7 Å². The number of esters is 1. The van der Waals surface area contributed by atoms with Crippen LogP contribution in [0.3, 0.4) is 0 Å². The van der Waals surface area contributed by atoms with Gasteiger partial charge in [0.1, 0.15) is 0 Å². The third kappa shape index (κ3) is 5.59. The lowest BCUT2D eigenvalue weighted by atomic mass is 10.1. The van der Waals surface area contributed by atoms with Crippen LogP contribution in [0.4, 0.5) is 13.2 Å². The first-order chi connectivity index (χ1) is 12.7. The fraction of sp³-hybridized carbons (Fsp3) is 0.158. The SMILES string of the molecule is COC(=O)C(NC(=O)/C=C/c1ccc(Cl)c(C(F)(F)F)c1)c1ccccc1. The number of amides is 1. The number of hydrogen-bond acceptors (Lipinski definition) is 3. The summed E-state index contributed by atoms with van der Waals surface area (Å²) in [7, 11) is 1.19. The Morgan fingerprint density at radius 2 is 1.81 bits per heavy atom. The highest BCUT2D eigenvalue weighted by Gasteiger charge is 2.33. The van der Waals surface area contributed by atoms with Crippen molar-refractivity contribution in [3.63, 3.8) is 0 Å². The van der Waals surface area contributed by atoms with Gasteiger partial charge in [0.25, 0.3) is 0 Å². The van der Waals surface area contributed by atoms with Gasteiger partial charge < -0.3 is 10.1 Å². The average molecular weight is 398 g/mol. The van der Waals surface area contributed by atoms with Crippen molar-refractivity contribution in [2.24, 2.45) is 0 Å². The Kier molecular flexibility index (Phi) is 6.63. The van der Waals surface area contributed by atoms with Crippen LogP contribution in [0.1, 0.15) is 22.7 Å². The van der Waals surface area contributed by atoms with Crippen LogP contribution in [0.2, 0.25) is 5.02 Å². The zero-order chi connectivity index (χ0) is 20.0. The van der Waals surface area contributed by atoms with Gasteiger partial charge in [-0.3, -0.25) is 4.79 Å². The molecule has 0 aliphatic carbocycles. The molecule has 0 aromatic heterocycles. The third-order valence-electron chi connectivity index (χ3n) is 3.58. The lowest BCUT2D eigenvalue weighted by molar-refractivity contribution is -0.144. The van der Waals surface area contributed by atoms with Gasteiger partial charge in [-0.1, -0.05) is 48.0 Å². The molecule has 142 valence electrons. The fourth-order valence-electron chi connectivity index (χ4n) is 2.27. The summed E-state index contributed by atoms with van der Waals surface area (Å²) in [6.45, 7) is 0. The van der Waals surface area contributed by atoms with Crippen molar-refractivity contribution < 1.29 is 27.5 Å². The maximum Gasteiger partial charge on any atom is 0.417 e. The number of halogens is 4. The second-order valence-corrected chi connectivity index (χ2v) is 5.85. The average Bonchev–Trinajstić information content (AvgIpc) is 2.64. The highest BCUT2D eigenvalue weighted by atomic mass is 35.5. The van der Waals surface area contributed by atoms with Crippen LogP contribution in [-0.2, 0) is 20.5 Å². The number of carbonyl (C=O) groups is 2. The largest absolute Gasteiger partial charge is 0.467 e. The molecule has 1 N–H and O–H groups in total. The normalized spacial score (nSPS) is 12.6. The number of rotatable bonds is 5. The first-order valence-electron chi connectivity index (χ1n) is 7.70. The van der Waals surface area contributed by atoms with Gasteiger partial charge in [-0.05, 0) is 29.3 Å². The summed E-state index contributed by atoms with van der Waals surface area (Å²) >= 11 is 5.56. The van der Waals surface area contributed by atoms with Crippen molar-refractivity contribution in [1.29, 1.82) is 0 Å². The maximum absolute atomic E-state index is 12.9. The van der Waals surface area contributed by atoms with E-state index in [1.165, 1.54) is 19.3 Å². The highest BCUT2D eigenvalue weighted by Crippen LogP contribution is 2.35. The summed E-state index contributed by atoms with van der Waals surface area (Å²) in [5.74, 6) is -1.34. The molecule has 0 fully saturated rings. The van der Waals surface area contributed by atoms with E-state index in [0.29, 0.717) is 5.56 Å². The van der Waals surface area contributed by atoms with E-state index in [1.807, 2.05) is 0 Å². The molecule has 0 saturated heterocycles. The van der Waals surface area contributed by atoms with E-state index in [1.54, 1.807) is 30.3 Å². The summed E-state index contributed by atoms with van der Waals surface area (Å²) in [4.78, 5) is 24.0. The summed E-state index contributed by atoms with van der Waals surface area (Å²) < 4.78 is 43.3. The molecule has 4 nitrogen and oxygen atoms in total. The molecule has 27 heavy (non-hydrogen) atoms. The Morgan fingerprint density at radius 1 is 1.15 bits per heavy atom. The molecule has 0 spiro atoms.